The van der Waals surface area contributed by atoms with Crippen molar-refractivity contribution in [3.63, 3.8) is 0 Å². The van der Waals surface area contributed by atoms with Crippen LogP contribution in [0.5, 0.6) is 0 Å². The van der Waals surface area contributed by atoms with E-state index >= 15 is 0 Å². The van der Waals surface area contributed by atoms with Crippen LogP contribution in [0.15, 0.2) is 23.1 Å². The molecule has 0 saturated heterocycles. The summed E-state index contributed by atoms with van der Waals surface area (Å²) >= 11 is 0. The van der Waals surface area contributed by atoms with Gasteiger partial charge in [0, 0.05) is 0 Å². The lowest BCUT2D eigenvalue weighted by Crippen LogP contribution is -2.12. The smallest absolute Gasteiger partial charge is 0.238 e. The summed E-state index contributed by atoms with van der Waals surface area (Å²) < 4.78 is 22.5. The molecule has 1 aromatic carbocycles. The predicted molar refractivity (Wildman–Crippen MR) is 64.5 cm³/mol. The van der Waals surface area contributed by atoms with Gasteiger partial charge in [-0.25, -0.2) is 13.6 Å². The number of unbranched alkanes of at least 4 members (excludes halogenated alkanes) is 1. The van der Waals surface area contributed by atoms with Gasteiger partial charge >= 0.3 is 0 Å². The number of hydrogen-bond donors (Lipinski definition) is 2. The topological polar surface area (TPSA) is 86.2 Å². The summed E-state index contributed by atoms with van der Waals surface area (Å²) in [4.78, 5) is 0.190. The van der Waals surface area contributed by atoms with Gasteiger partial charge in [-0.2, -0.15) is 0 Å². The molecule has 0 bridgehead atoms. The molecule has 0 aliphatic rings. The van der Waals surface area contributed by atoms with Gasteiger partial charge in [0.25, 0.3) is 0 Å². The Labute approximate surface area is 96.7 Å². The van der Waals surface area contributed by atoms with Crippen molar-refractivity contribution in [2.24, 2.45) is 10.9 Å². The van der Waals surface area contributed by atoms with Crippen LogP contribution in [0.3, 0.4) is 0 Å². The van der Waals surface area contributed by atoms with E-state index in [0.717, 1.165) is 30.4 Å². The molecule has 0 amide bonds. The van der Waals surface area contributed by atoms with Crippen LogP contribution in [-0.4, -0.2) is 15.0 Å². The fourth-order valence-electron chi connectivity index (χ4n) is 1.61. The van der Waals surface area contributed by atoms with Gasteiger partial charge in [0.05, 0.1) is 4.90 Å². The minimum atomic E-state index is -3.60. The lowest BCUT2D eigenvalue weighted by atomic mass is 10.1. The minimum Gasteiger partial charge on any atom is -0.330 e. The van der Waals surface area contributed by atoms with Gasteiger partial charge in [-0.05, 0) is 56.0 Å². The first kappa shape index (κ1) is 13.2. The van der Waals surface area contributed by atoms with E-state index in [-0.39, 0.29) is 4.90 Å². The van der Waals surface area contributed by atoms with E-state index in [1.165, 1.54) is 0 Å². The van der Waals surface area contributed by atoms with E-state index < -0.39 is 10.0 Å². The number of aryl methyl sites for hydroxylation is 2. The zero-order chi connectivity index (χ0) is 12.2. The van der Waals surface area contributed by atoms with E-state index in [4.69, 9.17) is 10.9 Å². The van der Waals surface area contributed by atoms with E-state index in [1.54, 1.807) is 12.1 Å². The van der Waals surface area contributed by atoms with E-state index in [1.807, 2.05) is 13.0 Å². The van der Waals surface area contributed by atoms with Crippen molar-refractivity contribution in [2.75, 3.05) is 6.54 Å². The molecule has 0 aromatic heterocycles. The molecule has 0 radical (unpaired) electrons. The Hall–Kier alpha value is -0.910. The normalized spacial score (nSPS) is 11.7. The number of benzene rings is 1. The highest BCUT2D eigenvalue weighted by Gasteiger charge is 2.09. The van der Waals surface area contributed by atoms with E-state index in [0.29, 0.717) is 6.54 Å². The summed E-state index contributed by atoms with van der Waals surface area (Å²) in [5.74, 6) is 0. The van der Waals surface area contributed by atoms with E-state index in [2.05, 4.69) is 0 Å². The molecule has 0 spiro atoms. The van der Waals surface area contributed by atoms with Gasteiger partial charge in [0.15, 0.2) is 0 Å². The minimum absolute atomic E-state index is 0.190. The van der Waals surface area contributed by atoms with Crippen LogP contribution in [0.4, 0.5) is 0 Å². The largest absolute Gasteiger partial charge is 0.330 e. The molecule has 0 aliphatic heterocycles. The maximum absolute atomic E-state index is 11.2. The van der Waals surface area contributed by atoms with Gasteiger partial charge < -0.3 is 5.73 Å². The molecule has 5 heteroatoms. The second kappa shape index (κ2) is 5.43. The lowest BCUT2D eigenvalue weighted by molar-refractivity contribution is 0.597. The Morgan fingerprint density at radius 3 is 2.44 bits per heavy atom. The molecular weight excluding hydrogens is 224 g/mol. The monoisotopic (exact) mass is 242 g/mol. The van der Waals surface area contributed by atoms with Crippen LogP contribution in [0, 0.1) is 6.92 Å². The van der Waals surface area contributed by atoms with Crippen LogP contribution in [0.2, 0.25) is 0 Å². The Morgan fingerprint density at radius 2 is 1.88 bits per heavy atom. The maximum Gasteiger partial charge on any atom is 0.238 e. The molecule has 16 heavy (non-hydrogen) atoms. The third-order valence-electron chi connectivity index (χ3n) is 2.36. The summed E-state index contributed by atoms with van der Waals surface area (Å²) in [6.07, 6.45) is 2.74. The highest BCUT2D eigenvalue weighted by Crippen LogP contribution is 2.15. The van der Waals surface area contributed by atoms with Crippen molar-refractivity contribution in [1.29, 1.82) is 0 Å². The van der Waals surface area contributed by atoms with Crippen LogP contribution in [-0.2, 0) is 16.4 Å². The summed E-state index contributed by atoms with van der Waals surface area (Å²) in [5, 5.41) is 5.10. The van der Waals surface area contributed by atoms with Crippen molar-refractivity contribution in [1.82, 2.24) is 0 Å². The number of rotatable bonds is 5. The summed E-state index contributed by atoms with van der Waals surface area (Å²) in [7, 11) is -3.60. The predicted octanol–water partition coefficient (Wildman–Crippen LogP) is 0.924. The molecule has 0 atom stereocenters. The molecule has 1 rings (SSSR count). The zero-order valence-corrected chi connectivity index (χ0v) is 10.3. The Morgan fingerprint density at radius 1 is 1.19 bits per heavy atom. The van der Waals surface area contributed by atoms with Crippen molar-refractivity contribution < 1.29 is 8.42 Å². The second-order valence-electron chi connectivity index (χ2n) is 3.95. The Bertz CT molecular complexity index is 455. The van der Waals surface area contributed by atoms with Crippen LogP contribution >= 0.6 is 0 Å². The first-order chi connectivity index (χ1) is 7.43. The second-order valence-corrected chi connectivity index (χ2v) is 5.51. The van der Waals surface area contributed by atoms with E-state index in [9.17, 15) is 8.42 Å². The Balaban J connectivity index is 2.91. The van der Waals surface area contributed by atoms with Crippen molar-refractivity contribution >= 4 is 10.0 Å². The molecule has 0 fully saturated rings. The molecule has 4 N–H and O–H groups in total. The quantitative estimate of drug-likeness (QED) is 0.753. The SMILES string of the molecule is Cc1cc(CCCCN)cc(S(N)(=O)=O)c1. The molecule has 1 aromatic rings. The van der Waals surface area contributed by atoms with Gasteiger partial charge in [0.1, 0.15) is 0 Å². The van der Waals surface area contributed by atoms with Gasteiger partial charge in [-0.3, -0.25) is 0 Å². The molecule has 0 aliphatic carbocycles. The van der Waals surface area contributed by atoms with Gasteiger partial charge in [-0.1, -0.05) is 6.07 Å². The molecule has 90 valence electrons. The average molecular weight is 242 g/mol. The average Bonchev–Trinajstić information content (AvgIpc) is 2.16. The number of nitrogens with two attached hydrogens (primary N) is 2. The third-order valence-corrected chi connectivity index (χ3v) is 3.25. The van der Waals surface area contributed by atoms with Crippen LogP contribution < -0.4 is 10.9 Å². The first-order valence-electron chi connectivity index (χ1n) is 5.27. The van der Waals surface area contributed by atoms with Crippen LogP contribution in [0.1, 0.15) is 24.0 Å². The standard InChI is InChI=1S/C11H18N2O2S/c1-9-6-10(4-2-3-5-12)8-11(7-9)16(13,14)15/h6-8H,2-5,12H2,1H3,(H2,13,14,15). The zero-order valence-electron chi connectivity index (χ0n) is 9.44. The molecule has 4 nitrogen and oxygen atoms in total. The van der Waals surface area contributed by atoms with Crippen molar-refractivity contribution in [3.05, 3.63) is 29.3 Å². The number of sulfonamides is 1. The van der Waals surface area contributed by atoms with Crippen LogP contribution in [0.25, 0.3) is 0 Å². The number of primary sulfonamides is 1. The van der Waals surface area contributed by atoms with Crippen molar-refractivity contribution in [3.8, 4) is 0 Å². The summed E-state index contributed by atoms with van der Waals surface area (Å²) in [6, 6.07) is 5.20. The number of hydrogen-bond acceptors (Lipinski definition) is 3. The molecule has 0 heterocycles. The molecule has 0 unspecified atom stereocenters. The van der Waals surface area contributed by atoms with Crippen molar-refractivity contribution in [2.45, 2.75) is 31.1 Å². The van der Waals surface area contributed by atoms with Gasteiger partial charge in [-0.15, -0.1) is 0 Å². The Kier molecular flexibility index (Phi) is 4.46. The highest BCUT2D eigenvalue weighted by atomic mass is 32.2. The first-order valence-corrected chi connectivity index (χ1v) is 6.81. The summed E-state index contributed by atoms with van der Waals surface area (Å²) in [5.41, 5.74) is 7.31. The maximum atomic E-state index is 11.2. The molecular formula is C11H18N2O2S. The lowest BCUT2D eigenvalue weighted by Gasteiger charge is -2.06. The highest BCUT2D eigenvalue weighted by molar-refractivity contribution is 7.89. The third kappa shape index (κ3) is 3.92. The summed E-state index contributed by atoms with van der Waals surface area (Å²) in [6.45, 7) is 2.52. The fourth-order valence-corrected chi connectivity index (χ4v) is 2.27. The van der Waals surface area contributed by atoms with Gasteiger partial charge in [0.2, 0.25) is 10.0 Å². The fraction of sp³-hybridized carbons (Fsp3) is 0.455. The molecule has 0 saturated carbocycles.